The number of hydrogen-bond donors (Lipinski definition) is 1. The van der Waals surface area contributed by atoms with E-state index in [0.717, 1.165) is 29.7 Å². The van der Waals surface area contributed by atoms with Crippen LogP contribution in [0.25, 0.3) is 0 Å². The van der Waals surface area contributed by atoms with Crippen molar-refractivity contribution in [1.29, 1.82) is 0 Å². The van der Waals surface area contributed by atoms with Crippen LogP contribution in [-0.2, 0) is 6.54 Å². The van der Waals surface area contributed by atoms with Gasteiger partial charge in [-0.3, -0.25) is 0 Å². The van der Waals surface area contributed by atoms with E-state index in [9.17, 15) is 0 Å². The summed E-state index contributed by atoms with van der Waals surface area (Å²) in [5, 5.41) is 6.40. The van der Waals surface area contributed by atoms with Crippen LogP contribution in [0.4, 0.5) is 5.95 Å². The van der Waals surface area contributed by atoms with Crippen molar-refractivity contribution in [3.63, 3.8) is 0 Å². The zero-order valence-corrected chi connectivity index (χ0v) is 9.71. The van der Waals surface area contributed by atoms with Crippen molar-refractivity contribution < 1.29 is 0 Å². The molecule has 80 valence electrons. The van der Waals surface area contributed by atoms with Crippen LogP contribution < -0.4 is 5.32 Å². The molecule has 0 spiro atoms. The Hall–Kier alpha value is -1.36. The van der Waals surface area contributed by atoms with Crippen LogP contribution in [0.1, 0.15) is 17.6 Å². The summed E-state index contributed by atoms with van der Waals surface area (Å²) < 4.78 is 2.07. The third-order valence-corrected chi connectivity index (χ3v) is 2.97. The van der Waals surface area contributed by atoms with Crippen molar-refractivity contribution in [2.45, 2.75) is 20.4 Å². The second kappa shape index (κ2) is 4.44. The quantitative estimate of drug-likeness (QED) is 0.861. The van der Waals surface area contributed by atoms with Gasteiger partial charge in [-0.25, -0.2) is 9.97 Å². The second-order valence-corrected chi connectivity index (χ2v) is 4.23. The Bertz CT molecular complexity index is 432. The smallest absolute Gasteiger partial charge is 0.203 e. The lowest BCUT2D eigenvalue weighted by Crippen LogP contribution is -2.07. The number of anilines is 1. The molecule has 0 radical (unpaired) electrons. The molecule has 2 aromatic heterocycles. The van der Waals surface area contributed by atoms with E-state index < -0.39 is 0 Å². The van der Waals surface area contributed by atoms with Gasteiger partial charge in [-0.15, -0.1) is 11.3 Å². The molecule has 0 fully saturated rings. The number of rotatable bonds is 4. The summed E-state index contributed by atoms with van der Waals surface area (Å²) >= 11 is 1.69. The largest absolute Gasteiger partial charge is 0.356 e. The van der Waals surface area contributed by atoms with E-state index in [2.05, 4.69) is 32.2 Å². The number of imidazole rings is 1. The molecule has 0 aromatic carbocycles. The van der Waals surface area contributed by atoms with Crippen LogP contribution in [0.15, 0.2) is 17.8 Å². The van der Waals surface area contributed by atoms with E-state index in [1.54, 1.807) is 17.5 Å². The van der Waals surface area contributed by atoms with E-state index >= 15 is 0 Å². The van der Waals surface area contributed by atoms with Gasteiger partial charge in [-0.05, 0) is 13.8 Å². The van der Waals surface area contributed by atoms with Gasteiger partial charge in [0.05, 0.1) is 6.54 Å². The van der Waals surface area contributed by atoms with Crippen LogP contribution in [0.5, 0.6) is 0 Å². The minimum atomic E-state index is 0.792. The molecule has 0 amide bonds. The van der Waals surface area contributed by atoms with Gasteiger partial charge in [0.1, 0.15) is 5.01 Å². The average molecular weight is 222 g/mol. The molecule has 0 atom stereocenters. The monoisotopic (exact) mass is 222 g/mol. The highest BCUT2D eigenvalue weighted by atomic mass is 32.1. The summed E-state index contributed by atoms with van der Waals surface area (Å²) in [5.74, 6) is 0.908. The first kappa shape index (κ1) is 10.2. The van der Waals surface area contributed by atoms with Gasteiger partial charge < -0.3 is 9.88 Å². The van der Waals surface area contributed by atoms with Crippen LogP contribution in [0, 0.1) is 6.92 Å². The molecule has 1 N–H and O–H groups in total. The summed E-state index contributed by atoms with van der Waals surface area (Å²) in [6.45, 7) is 5.75. The predicted octanol–water partition coefficient (Wildman–Crippen LogP) is 2.13. The van der Waals surface area contributed by atoms with Crippen molar-refractivity contribution in [3.05, 3.63) is 28.5 Å². The maximum Gasteiger partial charge on any atom is 0.203 e. The maximum absolute atomic E-state index is 4.43. The number of hydrogen-bond acceptors (Lipinski definition) is 4. The van der Waals surface area contributed by atoms with Crippen molar-refractivity contribution in [3.8, 4) is 0 Å². The molecule has 0 aliphatic heterocycles. The fourth-order valence-electron chi connectivity index (χ4n) is 1.38. The number of nitrogens with one attached hydrogen (secondary N) is 1. The molecule has 4 nitrogen and oxygen atoms in total. The normalized spacial score (nSPS) is 10.5. The van der Waals surface area contributed by atoms with E-state index in [0.29, 0.717) is 0 Å². The highest BCUT2D eigenvalue weighted by molar-refractivity contribution is 7.09. The second-order valence-electron chi connectivity index (χ2n) is 3.29. The molecule has 0 aliphatic rings. The molecule has 15 heavy (non-hydrogen) atoms. The van der Waals surface area contributed by atoms with Crippen molar-refractivity contribution in [2.75, 3.05) is 11.9 Å². The number of aromatic nitrogens is 3. The number of nitrogens with zero attached hydrogens (tertiary/aromatic N) is 3. The van der Waals surface area contributed by atoms with Crippen molar-refractivity contribution >= 4 is 17.3 Å². The van der Waals surface area contributed by atoms with Gasteiger partial charge in [0.25, 0.3) is 0 Å². The Morgan fingerprint density at radius 1 is 1.53 bits per heavy atom. The van der Waals surface area contributed by atoms with Crippen molar-refractivity contribution in [2.24, 2.45) is 0 Å². The van der Waals surface area contributed by atoms with Gasteiger partial charge in [0.2, 0.25) is 5.95 Å². The molecular weight excluding hydrogens is 208 g/mol. The standard InChI is InChI=1S/C10H14N4S/c1-3-11-10-12-4-5-14(10)6-9-13-8(2)7-15-9/h4-5,7H,3,6H2,1-2H3,(H,11,12). The van der Waals surface area contributed by atoms with E-state index in [1.807, 2.05) is 13.1 Å². The lowest BCUT2D eigenvalue weighted by atomic mass is 10.5. The first-order valence-electron chi connectivity index (χ1n) is 4.95. The van der Waals surface area contributed by atoms with Crippen LogP contribution in [0.2, 0.25) is 0 Å². The van der Waals surface area contributed by atoms with Crippen molar-refractivity contribution in [1.82, 2.24) is 14.5 Å². The van der Waals surface area contributed by atoms with Crippen LogP contribution >= 0.6 is 11.3 Å². The van der Waals surface area contributed by atoms with E-state index in [4.69, 9.17) is 0 Å². The first-order valence-corrected chi connectivity index (χ1v) is 5.83. The summed E-state index contributed by atoms with van der Waals surface area (Å²) in [5.41, 5.74) is 1.08. The third kappa shape index (κ3) is 2.36. The van der Waals surface area contributed by atoms with E-state index in [-0.39, 0.29) is 0 Å². The van der Waals surface area contributed by atoms with Crippen LogP contribution in [0.3, 0.4) is 0 Å². The highest BCUT2D eigenvalue weighted by Crippen LogP contribution is 2.13. The third-order valence-electron chi connectivity index (χ3n) is 2.02. The van der Waals surface area contributed by atoms with Gasteiger partial charge in [0, 0.05) is 30.0 Å². The minimum absolute atomic E-state index is 0.792. The maximum atomic E-state index is 4.43. The summed E-state index contributed by atoms with van der Waals surface area (Å²) in [4.78, 5) is 8.67. The average Bonchev–Trinajstić information content (AvgIpc) is 2.78. The van der Waals surface area contributed by atoms with Crippen LogP contribution in [-0.4, -0.2) is 21.1 Å². The van der Waals surface area contributed by atoms with Gasteiger partial charge in [-0.2, -0.15) is 0 Å². The number of thiazole rings is 1. The molecule has 2 aromatic rings. The molecular formula is C10H14N4S. The molecule has 0 saturated heterocycles. The zero-order valence-electron chi connectivity index (χ0n) is 8.90. The molecule has 2 heterocycles. The zero-order chi connectivity index (χ0) is 10.7. The Kier molecular flexibility index (Phi) is 3.01. The fraction of sp³-hybridized carbons (Fsp3) is 0.400. The van der Waals surface area contributed by atoms with Gasteiger partial charge >= 0.3 is 0 Å². The van der Waals surface area contributed by atoms with Gasteiger partial charge in [0.15, 0.2) is 0 Å². The predicted molar refractivity (Wildman–Crippen MR) is 62.3 cm³/mol. The van der Waals surface area contributed by atoms with Gasteiger partial charge in [-0.1, -0.05) is 0 Å². The fourth-order valence-corrected chi connectivity index (χ4v) is 2.15. The van der Waals surface area contributed by atoms with E-state index in [1.165, 1.54) is 0 Å². The lowest BCUT2D eigenvalue weighted by Gasteiger charge is -2.05. The molecule has 0 bridgehead atoms. The Labute approximate surface area is 93.0 Å². The molecule has 2 rings (SSSR count). The topological polar surface area (TPSA) is 42.7 Å². The first-order chi connectivity index (χ1) is 7.29. The molecule has 0 aliphatic carbocycles. The highest BCUT2D eigenvalue weighted by Gasteiger charge is 2.04. The SMILES string of the molecule is CCNc1nccn1Cc1nc(C)cs1. The lowest BCUT2D eigenvalue weighted by molar-refractivity contribution is 0.791. The molecule has 5 heteroatoms. The summed E-state index contributed by atoms with van der Waals surface area (Å²) in [6.07, 6.45) is 3.77. The minimum Gasteiger partial charge on any atom is -0.356 e. The molecule has 0 saturated carbocycles. The Morgan fingerprint density at radius 3 is 3.07 bits per heavy atom. The Morgan fingerprint density at radius 2 is 2.40 bits per heavy atom. The Balaban J connectivity index is 2.13. The summed E-state index contributed by atoms with van der Waals surface area (Å²) in [6, 6.07) is 0. The number of aryl methyl sites for hydroxylation is 1. The molecule has 0 unspecified atom stereocenters. The summed E-state index contributed by atoms with van der Waals surface area (Å²) in [7, 11) is 0.